The number of carbonyl (C=O) groups is 1. The Balaban J connectivity index is 2.39. The molecule has 0 heterocycles. The minimum Gasteiger partial charge on any atom is -0.493 e. The normalized spacial score (nSPS) is 10.5. The smallest absolute Gasteiger partial charge is 0.339 e. The minimum absolute atomic E-state index is 0.192. The van der Waals surface area contributed by atoms with Gasteiger partial charge in [0.2, 0.25) is 0 Å². The third-order valence-corrected chi connectivity index (χ3v) is 2.11. The molecule has 0 atom stereocenters. The van der Waals surface area contributed by atoms with Crippen LogP contribution in [-0.4, -0.2) is 30.4 Å². The lowest BCUT2D eigenvalue weighted by Gasteiger charge is -2.10. The first kappa shape index (κ1) is 13.5. The van der Waals surface area contributed by atoms with Crippen LogP contribution in [0.2, 0.25) is 0 Å². The van der Waals surface area contributed by atoms with E-state index >= 15 is 0 Å². The van der Waals surface area contributed by atoms with Crippen molar-refractivity contribution in [3.63, 3.8) is 0 Å². The maximum Gasteiger partial charge on any atom is 0.339 e. The predicted octanol–water partition coefficient (Wildman–Crippen LogP) is 2.58. The molecule has 94 valence electrons. The van der Waals surface area contributed by atoms with Gasteiger partial charge in [-0.1, -0.05) is 12.1 Å². The lowest BCUT2D eigenvalue weighted by atomic mass is 10.2. The Bertz CT molecular complexity index is 360. The molecule has 4 nitrogen and oxygen atoms in total. The molecule has 0 amide bonds. The van der Waals surface area contributed by atoms with Crippen LogP contribution in [0.1, 0.15) is 30.6 Å². The molecule has 0 aromatic heterocycles. The molecule has 0 bridgehead atoms. The molecule has 0 saturated carbocycles. The summed E-state index contributed by atoms with van der Waals surface area (Å²) in [6, 6.07) is 6.62. The molecule has 0 fully saturated rings. The second kappa shape index (κ2) is 6.91. The molecule has 1 N–H and O–H groups in total. The van der Waals surface area contributed by atoms with Gasteiger partial charge in [-0.05, 0) is 26.0 Å². The van der Waals surface area contributed by atoms with Crippen LogP contribution in [0.15, 0.2) is 24.3 Å². The molecule has 1 aromatic rings. The number of aromatic carboxylic acids is 1. The highest BCUT2D eigenvalue weighted by molar-refractivity contribution is 5.90. The minimum atomic E-state index is -0.973. The Labute approximate surface area is 101 Å². The third-order valence-electron chi connectivity index (χ3n) is 2.11. The van der Waals surface area contributed by atoms with Crippen LogP contribution in [0, 0.1) is 0 Å². The van der Waals surface area contributed by atoms with Crippen LogP contribution in [0.4, 0.5) is 0 Å². The van der Waals surface area contributed by atoms with Gasteiger partial charge in [0.25, 0.3) is 0 Å². The molecule has 0 spiro atoms. The summed E-state index contributed by atoms with van der Waals surface area (Å²) in [7, 11) is 0. The standard InChI is InChI=1S/C13H18O4/c1-10(2)16-8-5-9-17-12-7-4-3-6-11(12)13(14)15/h3-4,6-7,10H,5,8-9H2,1-2H3,(H,14,15). The predicted molar refractivity (Wildman–Crippen MR) is 64.6 cm³/mol. The maximum atomic E-state index is 10.9. The quantitative estimate of drug-likeness (QED) is 0.742. The summed E-state index contributed by atoms with van der Waals surface area (Å²) in [6.07, 6.45) is 0.952. The van der Waals surface area contributed by atoms with Gasteiger partial charge in [0.05, 0.1) is 19.3 Å². The average Bonchev–Trinajstić information content (AvgIpc) is 2.28. The van der Waals surface area contributed by atoms with Crippen molar-refractivity contribution in [2.45, 2.75) is 26.4 Å². The van der Waals surface area contributed by atoms with Gasteiger partial charge in [-0.2, -0.15) is 0 Å². The van der Waals surface area contributed by atoms with Gasteiger partial charge in [0, 0.05) is 6.42 Å². The number of ether oxygens (including phenoxy) is 2. The van der Waals surface area contributed by atoms with Crippen molar-refractivity contribution in [1.29, 1.82) is 0 Å². The van der Waals surface area contributed by atoms with Crippen LogP contribution in [0.25, 0.3) is 0 Å². The van der Waals surface area contributed by atoms with Gasteiger partial charge in [0.1, 0.15) is 11.3 Å². The van der Waals surface area contributed by atoms with E-state index in [1.165, 1.54) is 6.07 Å². The lowest BCUT2D eigenvalue weighted by Crippen LogP contribution is -2.09. The Hall–Kier alpha value is -1.55. The zero-order valence-electron chi connectivity index (χ0n) is 10.2. The van der Waals surface area contributed by atoms with E-state index in [4.69, 9.17) is 14.6 Å². The first-order chi connectivity index (χ1) is 8.11. The van der Waals surface area contributed by atoms with Crippen molar-refractivity contribution < 1.29 is 19.4 Å². The van der Waals surface area contributed by atoms with Gasteiger partial charge in [-0.15, -0.1) is 0 Å². The summed E-state index contributed by atoms with van der Waals surface area (Å²) in [6.45, 7) is 5.02. The molecule has 0 aliphatic heterocycles. The zero-order valence-corrected chi connectivity index (χ0v) is 10.2. The summed E-state index contributed by atoms with van der Waals surface area (Å²) >= 11 is 0. The fourth-order valence-electron chi connectivity index (χ4n) is 1.33. The Morgan fingerprint density at radius 1 is 1.29 bits per heavy atom. The van der Waals surface area contributed by atoms with Crippen LogP contribution < -0.4 is 4.74 Å². The van der Waals surface area contributed by atoms with Crippen LogP contribution >= 0.6 is 0 Å². The SMILES string of the molecule is CC(C)OCCCOc1ccccc1C(=O)O. The van der Waals surface area contributed by atoms with E-state index in [0.717, 1.165) is 6.42 Å². The Kier molecular flexibility index (Phi) is 5.49. The molecule has 0 aliphatic carbocycles. The highest BCUT2D eigenvalue weighted by Crippen LogP contribution is 2.17. The molecule has 0 radical (unpaired) electrons. The number of hydrogen-bond acceptors (Lipinski definition) is 3. The molecule has 0 unspecified atom stereocenters. The number of carboxylic acids is 1. The molecule has 1 aromatic carbocycles. The highest BCUT2D eigenvalue weighted by Gasteiger charge is 2.09. The van der Waals surface area contributed by atoms with E-state index in [-0.39, 0.29) is 11.7 Å². The molecule has 0 aliphatic rings. The molecule has 0 saturated heterocycles. The second-order valence-electron chi connectivity index (χ2n) is 3.92. The first-order valence-electron chi connectivity index (χ1n) is 5.68. The van der Waals surface area contributed by atoms with E-state index in [2.05, 4.69) is 0 Å². The van der Waals surface area contributed by atoms with Gasteiger partial charge < -0.3 is 14.6 Å². The van der Waals surface area contributed by atoms with Crippen molar-refractivity contribution in [1.82, 2.24) is 0 Å². The molecule has 1 rings (SSSR count). The lowest BCUT2D eigenvalue weighted by molar-refractivity contribution is 0.0673. The summed E-state index contributed by atoms with van der Waals surface area (Å²) in [5.74, 6) is -0.566. The van der Waals surface area contributed by atoms with E-state index in [0.29, 0.717) is 19.0 Å². The number of benzene rings is 1. The van der Waals surface area contributed by atoms with Gasteiger partial charge in [-0.25, -0.2) is 4.79 Å². The van der Waals surface area contributed by atoms with Crippen molar-refractivity contribution >= 4 is 5.97 Å². The monoisotopic (exact) mass is 238 g/mol. The molecular formula is C13H18O4. The zero-order chi connectivity index (χ0) is 12.7. The molecule has 17 heavy (non-hydrogen) atoms. The second-order valence-corrected chi connectivity index (χ2v) is 3.92. The summed E-state index contributed by atoms with van der Waals surface area (Å²) in [5.41, 5.74) is 0.192. The Morgan fingerprint density at radius 3 is 2.65 bits per heavy atom. The Morgan fingerprint density at radius 2 is 2.00 bits per heavy atom. The maximum absolute atomic E-state index is 10.9. The summed E-state index contributed by atoms with van der Waals surface area (Å²) < 4.78 is 10.8. The van der Waals surface area contributed by atoms with E-state index in [1.807, 2.05) is 13.8 Å². The summed E-state index contributed by atoms with van der Waals surface area (Å²) in [4.78, 5) is 10.9. The van der Waals surface area contributed by atoms with Gasteiger partial charge >= 0.3 is 5.97 Å². The number of carboxylic acid groups (broad SMARTS) is 1. The van der Waals surface area contributed by atoms with Crippen LogP contribution in [-0.2, 0) is 4.74 Å². The van der Waals surface area contributed by atoms with E-state index in [9.17, 15) is 4.79 Å². The third kappa shape index (κ3) is 4.87. The van der Waals surface area contributed by atoms with Crippen molar-refractivity contribution in [3.8, 4) is 5.75 Å². The summed E-state index contributed by atoms with van der Waals surface area (Å²) in [5, 5.41) is 8.94. The topological polar surface area (TPSA) is 55.8 Å². The van der Waals surface area contributed by atoms with Crippen molar-refractivity contribution in [2.75, 3.05) is 13.2 Å². The fourth-order valence-corrected chi connectivity index (χ4v) is 1.33. The van der Waals surface area contributed by atoms with Crippen molar-refractivity contribution in [2.24, 2.45) is 0 Å². The molecular weight excluding hydrogens is 220 g/mol. The highest BCUT2D eigenvalue weighted by atomic mass is 16.5. The van der Waals surface area contributed by atoms with Crippen molar-refractivity contribution in [3.05, 3.63) is 29.8 Å². The average molecular weight is 238 g/mol. The number of para-hydroxylation sites is 1. The van der Waals surface area contributed by atoms with E-state index < -0.39 is 5.97 Å². The molecule has 4 heteroatoms. The van der Waals surface area contributed by atoms with Crippen LogP contribution in [0.5, 0.6) is 5.75 Å². The number of hydrogen-bond donors (Lipinski definition) is 1. The number of rotatable bonds is 7. The fraction of sp³-hybridized carbons (Fsp3) is 0.462. The van der Waals surface area contributed by atoms with Crippen LogP contribution in [0.3, 0.4) is 0 Å². The van der Waals surface area contributed by atoms with Gasteiger partial charge in [-0.3, -0.25) is 0 Å². The van der Waals surface area contributed by atoms with E-state index in [1.54, 1.807) is 18.2 Å². The van der Waals surface area contributed by atoms with Gasteiger partial charge in [0.15, 0.2) is 0 Å². The largest absolute Gasteiger partial charge is 0.493 e. The first-order valence-corrected chi connectivity index (χ1v) is 5.68.